The van der Waals surface area contributed by atoms with E-state index in [1.54, 1.807) is 36.0 Å². The number of nitrogens with zero attached hydrogens (tertiary/aromatic N) is 1. The molecule has 1 amide bonds. The highest BCUT2D eigenvalue weighted by molar-refractivity contribution is 7.98. The Labute approximate surface area is 178 Å². The molecule has 29 heavy (non-hydrogen) atoms. The van der Waals surface area contributed by atoms with Gasteiger partial charge in [-0.1, -0.05) is 23.7 Å². The van der Waals surface area contributed by atoms with Crippen LogP contribution in [0.1, 0.15) is 21.5 Å². The summed E-state index contributed by atoms with van der Waals surface area (Å²) in [4.78, 5) is 13.4. The lowest BCUT2D eigenvalue weighted by Gasteiger charge is -2.05. The zero-order chi connectivity index (χ0) is 20.6. The van der Waals surface area contributed by atoms with Gasteiger partial charge in [0.1, 0.15) is 0 Å². The zero-order valence-corrected chi connectivity index (χ0v) is 17.2. The number of ether oxygens (including phenoxy) is 1. The van der Waals surface area contributed by atoms with Crippen LogP contribution in [-0.4, -0.2) is 24.3 Å². The first-order valence-corrected chi connectivity index (χ1v) is 10.1. The number of thioether (sulfide) groups is 1. The molecule has 0 saturated carbocycles. The minimum absolute atomic E-state index is 0.0444. The fourth-order valence-electron chi connectivity index (χ4n) is 2.45. The molecule has 3 aromatic carbocycles. The van der Waals surface area contributed by atoms with Gasteiger partial charge in [0, 0.05) is 21.2 Å². The van der Waals surface area contributed by atoms with Crippen molar-refractivity contribution in [1.29, 1.82) is 0 Å². The number of halogens is 1. The Morgan fingerprint density at radius 1 is 1.14 bits per heavy atom. The lowest BCUT2D eigenvalue weighted by atomic mass is 10.1. The van der Waals surface area contributed by atoms with Gasteiger partial charge in [-0.3, -0.25) is 4.79 Å². The number of hydrogen-bond donors (Lipinski definition) is 2. The normalized spacial score (nSPS) is 10.8. The van der Waals surface area contributed by atoms with Gasteiger partial charge < -0.3 is 9.84 Å². The van der Waals surface area contributed by atoms with Gasteiger partial charge >= 0.3 is 0 Å². The highest BCUT2D eigenvalue weighted by atomic mass is 35.5. The van der Waals surface area contributed by atoms with Gasteiger partial charge in [-0.15, -0.1) is 11.8 Å². The lowest BCUT2D eigenvalue weighted by Crippen LogP contribution is -2.17. The second kappa shape index (κ2) is 10.0. The van der Waals surface area contributed by atoms with Gasteiger partial charge in [0.2, 0.25) is 0 Å². The summed E-state index contributed by atoms with van der Waals surface area (Å²) in [5, 5.41) is 14.3. The quantitative estimate of drug-likeness (QED) is 0.313. The number of hydrazone groups is 1. The number of rotatable bonds is 7. The van der Waals surface area contributed by atoms with E-state index in [9.17, 15) is 9.90 Å². The summed E-state index contributed by atoms with van der Waals surface area (Å²) in [5.41, 5.74) is 4.81. The largest absolute Gasteiger partial charge is 0.504 e. The molecular formula is C22H19ClN2O3S. The van der Waals surface area contributed by atoms with Crippen molar-refractivity contribution in [3.63, 3.8) is 0 Å². The number of phenolic OH excluding ortho intramolecular Hbond substituents is 1. The third kappa shape index (κ3) is 6.01. The summed E-state index contributed by atoms with van der Waals surface area (Å²) >= 11 is 7.60. The SMILES string of the molecule is COc1cc(/C=N\NC(=O)c2ccc(CSc3ccc(Cl)cc3)cc2)ccc1O. The molecule has 0 radical (unpaired) electrons. The Bertz CT molecular complexity index is 1010. The Morgan fingerprint density at radius 2 is 1.86 bits per heavy atom. The fraction of sp³-hybridized carbons (Fsp3) is 0.0909. The van der Waals surface area contributed by atoms with Gasteiger partial charge in [0.15, 0.2) is 11.5 Å². The van der Waals surface area contributed by atoms with Crippen LogP contribution < -0.4 is 10.2 Å². The molecule has 0 aliphatic carbocycles. The number of carbonyl (C=O) groups excluding carboxylic acids is 1. The molecule has 0 unspecified atom stereocenters. The standard InChI is InChI=1S/C22H19ClN2O3S/c1-28-21-12-16(4-11-20(21)26)13-24-25-22(27)17-5-2-15(3-6-17)14-29-19-9-7-18(23)8-10-19/h2-13,26H,14H2,1H3,(H,25,27)/b24-13-. The van der Waals surface area contributed by atoms with Crippen LogP contribution in [0.15, 0.2) is 76.7 Å². The third-order valence-corrected chi connectivity index (χ3v) is 5.35. The molecule has 0 heterocycles. The summed E-state index contributed by atoms with van der Waals surface area (Å²) in [7, 11) is 1.47. The van der Waals surface area contributed by atoms with Gasteiger partial charge in [-0.05, 0) is 65.7 Å². The third-order valence-electron chi connectivity index (χ3n) is 4.02. The van der Waals surface area contributed by atoms with Gasteiger partial charge in [-0.2, -0.15) is 5.10 Å². The molecule has 2 N–H and O–H groups in total. The van der Waals surface area contributed by atoms with Crippen LogP contribution in [0.4, 0.5) is 0 Å². The molecule has 3 rings (SSSR count). The summed E-state index contributed by atoms with van der Waals surface area (Å²) in [6, 6.07) is 19.9. The first-order valence-electron chi connectivity index (χ1n) is 8.73. The molecule has 148 valence electrons. The summed E-state index contributed by atoms with van der Waals surface area (Å²) in [5.74, 6) is 0.879. The van der Waals surface area contributed by atoms with E-state index in [2.05, 4.69) is 10.5 Å². The van der Waals surface area contributed by atoms with E-state index >= 15 is 0 Å². The van der Waals surface area contributed by atoms with Crippen molar-refractivity contribution in [3.8, 4) is 11.5 Å². The Morgan fingerprint density at radius 3 is 2.55 bits per heavy atom. The molecule has 0 fully saturated rings. The smallest absolute Gasteiger partial charge is 0.271 e. The van der Waals surface area contributed by atoms with Crippen molar-refractivity contribution in [1.82, 2.24) is 5.43 Å². The van der Waals surface area contributed by atoms with Crippen LogP contribution in [0.3, 0.4) is 0 Å². The second-order valence-corrected chi connectivity index (χ2v) is 7.56. The van der Waals surface area contributed by atoms with E-state index in [0.717, 1.165) is 21.2 Å². The number of nitrogens with one attached hydrogen (secondary N) is 1. The average molecular weight is 427 g/mol. The van der Waals surface area contributed by atoms with Crippen LogP contribution in [-0.2, 0) is 5.75 Å². The van der Waals surface area contributed by atoms with E-state index in [-0.39, 0.29) is 11.7 Å². The topological polar surface area (TPSA) is 70.9 Å². The predicted molar refractivity (Wildman–Crippen MR) is 117 cm³/mol. The van der Waals surface area contributed by atoms with Crippen LogP contribution in [0, 0.1) is 0 Å². The maximum Gasteiger partial charge on any atom is 0.271 e. The number of phenols is 1. The van der Waals surface area contributed by atoms with E-state index < -0.39 is 0 Å². The van der Waals surface area contributed by atoms with Crippen LogP contribution in [0.2, 0.25) is 5.02 Å². The van der Waals surface area contributed by atoms with Crippen molar-refractivity contribution in [2.75, 3.05) is 7.11 Å². The number of amides is 1. The Kier molecular flexibility index (Phi) is 7.16. The highest BCUT2D eigenvalue weighted by Crippen LogP contribution is 2.26. The second-order valence-electron chi connectivity index (χ2n) is 6.07. The predicted octanol–water partition coefficient (Wildman–Crippen LogP) is 5.11. The molecule has 0 aliphatic rings. The number of hydrogen-bond acceptors (Lipinski definition) is 5. The van der Waals surface area contributed by atoms with Crippen molar-refractivity contribution >= 4 is 35.5 Å². The van der Waals surface area contributed by atoms with Crippen molar-refractivity contribution in [2.45, 2.75) is 10.6 Å². The molecule has 5 nitrogen and oxygen atoms in total. The van der Waals surface area contributed by atoms with Crippen LogP contribution in [0.25, 0.3) is 0 Å². The summed E-state index contributed by atoms with van der Waals surface area (Å²) in [6.07, 6.45) is 1.48. The minimum Gasteiger partial charge on any atom is -0.504 e. The molecular weight excluding hydrogens is 408 g/mol. The molecule has 0 aliphatic heterocycles. The first kappa shape index (κ1) is 20.8. The maximum absolute atomic E-state index is 12.2. The zero-order valence-electron chi connectivity index (χ0n) is 15.6. The van der Waals surface area contributed by atoms with Crippen molar-refractivity contribution in [3.05, 3.63) is 88.4 Å². The molecule has 0 bridgehead atoms. The lowest BCUT2D eigenvalue weighted by molar-refractivity contribution is 0.0955. The van der Waals surface area contributed by atoms with E-state index in [4.69, 9.17) is 16.3 Å². The minimum atomic E-state index is -0.302. The van der Waals surface area contributed by atoms with Crippen LogP contribution >= 0.6 is 23.4 Å². The average Bonchev–Trinajstić information content (AvgIpc) is 2.75. The molecule has 0 aromatic heterocycles. The number of aromatic hydroxyl groups is 1. The fourth-order valence-corrected chi connectivity index (χ4v) is 3.43. The van der Waals surface area contributed by atoms with E-state index in [1.165, 1.54) is 19.4 Å². The summed E-state index contributed by atoms with van der Waals surface area (Å²) < 4.78 is 5.04. The number of benzene rings is 3. The van der Waals surface area contributed by atoms with Crippen molar-refractivity contribution in [2.24, 2.45) is 5.10 Å². The van der Waals surface area contributed by atoms with E-state index in [1.807, 2.05) is 36.4 Å². The van der Waals surface area contributed by atoms with E-state index in [0.29, 0.717) is 16.9 Å². The molecule has 3 aromatic rings. The summed E-state index contributed by atoms with van der Waals surface area (Å²) in [6.45, 7) is 0. The molecule has 0 spiro atoms. The Balaban J connectivity index is 1.54. The molecule has 0 atom stereocenters. The monoisotopic (exact) mass is 426 g/mol. The van der Waals surface area contributed by atoms with Gasteiger partial charge in [0.05, 0.1) is 13.3 Å². The molecule has 0 saturated heterocycles. The van der Waals surface area contributed by atoms with Gasteiger partial charge in [0.25, 0.3) is 5.91 Å². The first-order chi connectivity index (χ1) is 14.0. The number of methoxy groups -OCH3 is 1. The maximum atomic E-state index is 12.2. The highest BCUT2D eigenvalue weighted by Gasteiger charge is 2.05. The van der Waals surface area contributed by atoms with Crippen LogP contribution in [0.5, 0.6) is 11.5 Å². The number of carbonyl (C=O) groups is 1. The Hall–Kier alpha value is -2.96. The van der Waals surface area contributed by atoms with Crippen molar-refractivity contribution < 1.29 is 14.6 Å². The molecule has 7 heteroatoms. The van der Waals surface area contributed by atoms with Gasteiger partial charge in [-0.25, -0.2) is 5.43 Å².